The van der Waals surface area contributed by atoms with E-state index < -0.39 is 29.7 Å². The summed E-state index contributed by atoms with van der Waals surface area (Å²) < 4.78 is 32.4. The minimum atomic E-state index is -1.00. The Balaban J connectivity index is 1.19. The molecule has 14 nitrogen and oxygen atoms in total. The highest BCUT2D eigenvalue weighted by molar-refractivity contribution is 6.25. The standard InChI is InChI=1S/C27H40N4O10/c28-6-8-36-10-12-38-14-16-40-18-19-41-17-15-39-13-11-37-9-7-29-21-3-1-2-20-24(21)27(35)31(26(20)34)22-4-5-23(32)30-25(22)33/h1-3,22,29H,4-19,28H2,(H,30,32,33). The predicted molar refractivity (Wildman–Crippen MR) is 146 cm³/mol. The molecule has 0 radical (unpaired) electrons. The van der Waals surface area contributed by atoms with Crippen LogP contribution in [0.3, 0.4) is 0 Å². The highest BCUT2D eigenvalue weighted by Crippen LogP contribution is 2.32. The third-order valence-electron chi connectivity index (χ3n) is 6.15. The summed E-state index contributed by atoms with van der Waals surface area (Å²) in [5, 5.41) is 5.32. The number of benzene rings is 1. The molecule has 3 rings (SSSR count). The maximum Gasteiger partial charge on any atom is 0.264 e. The van der Waals surface area contributed by atoms with E-state index in [9.17, 15) is 19.2 Å². The number of hydrogen-bond donors (Lipinski definition) is 3. The van der Waals surface area contributed by atoms with Crippen LogP contribution >= 0.6 is 0 Å². The number of amides is 4. The van der Waals surface area contributed by atoms with Crippen molar-refractivity contribution < 1.29 is 47.6 Å². The summed E-state index contributed by atoms with van der Waals surface area (Å²) in [5.41, 5.74) is 6.25. The smallest absolute Gasteiger partial charge is 0.264 e. The number of ether oxygens (including phenoxy) is 6. The molecule has 0 aromatic heterocycles. The van der Waals surface area contributed by atoms with E-state index in [-0.39, 0.29) is 24.0 Å². The number of nitrogens with zero attached hydrogens (tertiary/aromatic N) is 1. The van der Waals surface area contributed by atoms with Gasteiger partial charge in [-0.2, -0.15) is 0 Å². The number of carbonyl (C=O) groups is 4. The lowest BCUT2D eigenvalue weighted by Gasteiger charge is -2.27. The fourth-order valence-electron chi connectivity index (χ4n) is 4.21. The van der Waals surface area contributed by atoms with E-state index in [1.165, 1.54) is 0 Å². The van der Waals surface area contributed by atoms with Crippen molar-refractivity contribution in [1.29, 1.82) is 0 Å². The number of imide groups is 2. The number of hydrogen-bond acceptors (Lipinski definition) is 12. The van der Waals surface area contributed by atoms with Crippen molar-refractivity contribution in [2.24, 2.45) is 5.73 Å². The first kappa shape index (κ1) is 32.5. The average molecular weight is 581 g/mol. The molecule has 0 saturated carbocycles. The first-order valence-corrected chi connectivity index (χ1v) is 13.8. The molecule has 0 bridgehead atoms. The Labute approximate surface area is 239 Å². The summed E-state index contributed by atoms with van der Waals surface area (Å²) in [6, 6.07) is 3.91. The zero-order valence-electron chi connectivity index (χ0n) is 23.2. The van der Waals surface area contributed by atoms with Gasteiger partial charge in [0.25, 0.3) is 11.8 Å². The molecule has 2 aliphatic heterocycles. The van der Waals surface area contributed by atoms with Gasteiger partial charge >= 0.3 is 0 Å². The van der Waals surface area contributed by atoms with Crippen molar-refractivity contribution in [1.82, 2.24) is 10.2 Å². The van der Waals surface area contributed by atoms with Gasteiger partial charge in [0.15, 0.2) is 0 Å². The molecule has 41 heavy (non-hydrogen) atoms. The zero-order valence-corrected chi connectivity index (χ0v) is 23.2. The topological polar surface area (TPSA) is 177 Å². The molecule has 0 aliphatic carbocycles. The van der Waals surface area contributed by atoms with Crippen molar-refractivity contribution >= 4 is 29.3 Å². The van der Waals surface area contributed by atoms with Crippen LogP contribution in [-0.4, -0.2) is 127 Å². The number of carbonyl (C=O) groups excluding carboxylic acids is 4. The summed E-state index contributed by atoms with van der Waals surface area (Å²) in [6.07, 6.45) is 0.181. The van der Waals surface area contributed by atoms with Gasteiger partial charge in [0.1, 0.15) is 6.04 Å². The van der Waals surface area contributed by atoms with Crippen molar-refractivity contribution in [3.63, 3.8) is 0 Å². The molecular weight excluding hydrogens is 540 g/mol. The van der Waals surface area contributed by atoms with Gasteiger partial charge in [-0.25, -0.2) is 0 Å². The third kappa shape index (κ3) is 10.4. The van der Waals surface area contributed by atoms with Crippen LogP contribution in [0.1, 0.15) is 33.6 Å². The van der Waals surface area contributed by atoms with Gasteiger partial charge < -0.3 is 39.5 Å². The highest BCUT2D eigenvalue weighted by Gasteiger charge is 2.45. The molecule has 4 amide bonds. The van der Waals surface area contributed by atoms with Crippen LogP contribution in [0.5, 0.6) is 0 Å². The second kappa shape index (κ2) is 18.5. The van der Waals surface area contributed by atoms with Gasteiger partial charge in [0, 0.05) is 25.2 Å². The number of nitrogens with two attached hydrogens (primary N) is 1. The van der Waals surface area contributed by atoms with Crippen molar-refractivity contribution in [3.8, 4) is 0 Å². The van der Waals surface area contributed by atoms with E-state index in [2.05, 4.69) is 10.6 Å². The summed E-state index contributed by atoms with van der Waals surface area (Å²) in [4.78, 5) is 50.6. The van der Waals surface area contributed by atoms with Gasteiger partial charge in [0.2, 0.25) is 11.8 Å². The number of piperidine rings is 1. The van der Waals surface area contributed by atoms with Crippen molar-refractivity contribution in [3.05, 3.63) is 29.3 Å². The summed E-state index contributed by atoms with van der Waals surface area (Å²) in [5.74, 6) is -2.15. The first-order chi connectivity index (χ1) is 20.0. The third-order valence-corrected chi connectivity index (χ3v) is 6.15. The Hall–Kier alpha value is -2.98. The second-order valence-electron chi connectivity index (χ2n) is 9.07. The van der Waals surface area contributed by atoms with E-state index in [1.54, 1.807) is 18.2 Å². The molecule has 1 unspecified atom stereocenters. The minimum absolute atomic E-state index is 0.0716. The average Bonchev–Trinajstić information content (AvgIpc) is 3.22. The molecule has 14 heteroatoms. The summed E-state index contributed by atoms with van der Waals surface area (Å²) in [6.45, 7) is 6.43. The molecule has 2 heterocycles. The van der Waals surface area contributed by atoms with Gasteiger partial charge in [-0.1, -0.05) is 6.07 Å². The molecule has 1 aromatic rings. The minimum Gasteiger partial charge on any atom is -0.382 e. The number of anilines is 1. The molecule has 4 N–H and O–H groups in total. The van der Waals surface area contributed by atoms with Crippen LogP contribution in [0.4, 0.5) is 5.69 Å². The Morgan fingerprint density at radius 1 is 0.756 bits per heavy atom. The molecule has 0 spiro atoms. The molecule has 1 fully saturated rings. The number of fused-ring (bicyclic) bond motifs is 1. The van der Waals surface area contributed by atoms with Gasteiger partial charge in [0.05, 0.1) is 90.4 Å². The number of rotatable bonds is 22. The Kier molecular flexibility index (Phi) is 14.6. The Bertz CT molecular complexity index is 1010. The number of nitrogens with one attached hydrogen (secondary N) is 2. The summed E-state index contributed by atoms with van der Waals surface area (Å²) in [7, 11) is 0. The van der Waals surface area contributed by atoms with Gasteiger partial charge in [-0.3, -0.25) is 29.4 Å². The van der Waals surface area contributed by atoms with Gasteiger partial charge in [-0.05, 0) is 18.6 Å². The SMILES string of the molecule is NCCOCCOCCOCCOCCOCCOCCNc1cccc2c1C(=O)N(C1CCC(=O)NC1=O)C2=O. The van der Waals surface area contributed by atoms with E-state index in [4.69, 9.17) is 34.2 Å². The van der Waals surface area contributed by atoms with Crippen LogP contribution in [0.25, 0.3) is 0 Å². The molecule has 1 atom stereocenters. The predicted octanol–water partition coefficient (Wildman–Crippen LogP) is -0.442. The normalized spacial score (nSPS) is 16.8. The van der Waals surface area contributed by atoms with Crippen LogP contribution in [0.15, 0.2) is 18.2 Å². The lowest BCUT2D eigenvalue weighted by Crippen LogP contribution is -2.54. The molecule has 1 saturated heterocycles. The second-order valence-corrected chi connectivity index (χ2v) is 9.07. The van der Waals surface area contributed by atoms with Gasteiger partial charge in [-0.15, -0.1) is 0 Å². The molecule has 1 aromatic carbocycles. The zero-order chi connectivity index (χ0) is 29.3. The maximum atomic E-state index is 13.1. The maximum absolute atomic E-state index is 13.1. The van der Waals surface area contributed by atoms with Crippen LogP contribution in [0.2, 0.25) is 0 Å². The Morgan fingerprint density at radius 2 is 1.29 bits per heavy atom. The van der Waals surface area contributed by atoms with Crippen LogP contribution < -0.4 is 16.4 Å². The van der Waals surface area contributed by atoms with E-state index in [0.717, 1.165) is 4.90 Å². The lowest BCUT2D eigenvalue weighted by molar-refractivity contribution is -0.136. The van der Waals surface area contributed by atoms with Crippen LogP contribution in [0, 0.1) is 0 Å². The molecule has 2 aliphatic rings. The molecule has 228 valence electrons. The highest BCUT2D eigenvalue weighted by atomic mass is 16.6. The fraction of sp³-hybridized carbons (Fsp3) is 0.630. The van der Waals surface area contributed by atoms with Crippen molar-refractivity contribution in [2.45, 2.75) is 18.9 Å². The van der Waals surface area contributed by atoms with E-state index >= 15 is 0 Å². The van der Waals surface area contributed by atoms with Crippen molar-refractivity contribution in [2.75, 3.05) is 97.7 Å². The fourth-order valence-corrected chi connectivity index (χ4v) is 4.21. The monoisotopic (exact) mass is 580 g/mol. The lowest BCUT2D eigenvalue weighted by atomic mass is 10.0. The van der Waals surface area contributed by atoms with E-state index in [1.807, 2.05) is 0 Å². The largest absolute Gasteiger partial charge is 0.382 e. The first-order valence-electron chi connectivity index (χ1n) is 13.8. The molecular formula is C27H40N4O10. The van der Waals surface area contributed by atoms with E-state index in [0.29, 0.717) is 98.1 Å². The Morgan fingerprint density at radius 3 is 1.83 bits per heavy atom. The summed E-state index contributed by atoms with van der Waals surface area (Å²) >= 11 is 0. The van der Waals surface area contributed by atoms with Crippen LogP contribution in [-0.2, 0) is 38.0 Å². The quantitative estimate of drug-likeness (QED) is 0.119.